The molecular weight excluding hydrogens is 308 g/mol. The summed E-state index contributed by atoms with van der Waals surface area (Å²) in [4.78, 5) is 34.8. The first-order valence-electron chi connectivity index (χ1n) is 7.35. The number of carbonyl (C=O) groups excluding carboxylic acids is 2. The smallest absolute Gasteiger partial charge is 0.326 e. The molecule has 5 nitrogen and oxygen atoms in total. The molecule has 2 rings (SSSR count). The standard InChI is InChI=1S/C16H17F2NO4/c17-12-5-2-6-13(18)11(12)8-14(21)19-15(16(22)23)9-3-1-4-10(20)7-9/h2,5-6,9,15H,1,3-4,7-8H2,(H,19,21)(H,22,23)/t9-,15-/m1/s1. The Kier molecular flexibility index (Phi) is 5.41. The highest BCUT2D eigenvalue weighted by Gasteiger charge is 2.33. The predicted octanol–water partition coefficient (Wildman–Crippen LogP) is 1.84. The highest BCUT2D eigenvalue weighted by molar-refractivity contribution is 5.86. The number of nitrogens with one attached hydrogen (secondary N) is 1. The van der Waals surface area contributed by atoms with Crippen molar-refractivity contribution in [2.45, 2.75) is 38.1 Å². The summed E-state index contributed by atoms with van der Waals surface area (Å²) >= 11 is 0. The van der Waals surface area contributed by atoms with Crippen molar-refractivity contribution in [1.82, 2.24) is 5.32 Å². The minimum Gasteiger partial charge on any atom is -0.480 e. The highest BCUT2D eigenvalue weighted by Crippen LogP contribution is 2.25. The van der Waals surface area contributed by atoms with Gasteiger partial charge in [-0.15, -0.1) is 0 Å². The van der Waals surface area contributed by atoms with Crippen molar-refractivity contribution < 1.29 is 28.3 Å². The van der Waals surface area contributed by atoms with Crippen LogP contribution in [0.25, 0.3) is 0 Å². The topological polar surface area (TPSA) is 83.5 Å². The van der Waals surface area contributed by atoms with Crippen LogP contribution in [0, 0.1) is 17.6 Å². The zero-order valence-corrected chi connectivity index (χ0v) is 12.4. The average molecular weight is 325 g/mol. The van der Waals surface area contributed by atoms with E-state index in [-0.39, 0.29) is 12.2 Å². The number of benzene rings is 1. The van der Waals surface area contributed by atoms with Gasteiger partial charge in [0, 0.05) is 18.4 Å². The second-order valence-corrected chi connectivity index (χ2v) is 5.66. The van der Waals surface area contributed by atoms with Gasteiger partial charge in [-0.05, 0) is 30.9 Å². The molecule has 1 amide bonds. The van der Waals surface area contributed by atoms with Gasteiger partial charge in [-0.25, -0.2) is 13.6 Å². The molecule has 0 spiro atoms. The minimum atomic E-state index is -1.26. The number of ketones is 1. The number of halogens is 2. The molecule has 0 bridgehead atoms. The first kappa shape index (κ1) is 17.1. The summed E-state index contributed by atoms with van der Waals surface area (Å²) in [6.07, 6.45) is 0.994. The van der Waals surface area contributed by atoms with Gasteiger partial charge in [0.2, 0.25) is 5.91 Å². The average Bonchev–Trinajstić information content (AvgIpc) is 2.48. The van der Waals surface area contributed by atoms with Gasteiger partial charge >= 0.3 is 5.97 Å². The lowest BCUT2D eigenvalue weighted by Gasteiger charge is -2.27. The summed E-state index contributed by atoms with van der Waals surface area (Å²) < 4.78 is 27.1. The van der Waals surface area contributed by atoms with E-state index < -0.39 is 47.5 Å². The third kappa shape index (κ3) is 4.34. The molecule has 1 aromatic rings. The van der Waals surface area contributed by atoms with Gasteiger partial charge in [0.25, 0.3) is 0 Å². The Morgan fingerprint density at radius 2 is 1.96 bits per heavy atom. The molecule has 0 radical (unpaired) electrons. The Hall–Kier alpha value is -2.31. The Bertz CT molecular complexity index is 612. The lowest BCUT2D eigenvalue weighted by Crippen LogP contribution is -2.48. The summed E-state index contributed by atoms with van der Waals surface area (Å²) in [7, 11) is 0. The van der Waals surface area contributed by atoms with E-state index >= 15 is 0 Å². The largest absolute Gasteiger partial charge is 0.480 e. The van der Waals surface area contributed by atoms with Crippen LogP contribution in [0.15, 0.2) is 18.2 Å². The first-order valence-corrected chi connectivity index (χ1v) is 7.35. The lowest BCUT2D eigenvalue weighted by molar-refractivity contribution is -0.144. The Labute approximate surface area is 131 Å². The number of hydrogen-bond acceptors (Lipinski definition) is 3. The summed E-state index contributed by atoms with van der Waals surface area (Å²) in [5.74, 6) is -4.31. The fourth-order valence-electron chi connectivity index (χ4n) is 2.81. The van der Waals surface area contributed by atoms with Crippen molar-refractivity contribution >= 4 is 17.7 Å². The molecule has 2 N–H and O–H groups in total. The van der Waals surface area contributed by atoms with Crippen molar-refractivity contribution in [3.05, 3.63) is 35.4 Å². The molecule has 1 aliphatic rings. The van der Waals surface area contributed by atoms with E-state index in [9.17, 15) is 28.3 Å². The van der Waals surface area contributed by atoms with Gasteiger partial charge in [-0.3, -0.25) is 9.59 Å². The highest BCUT2D eigenvalue weighted by atomic mass is 19.1. The van der Waals surface area contributed by atoms with Gasteiger partial charge in [-0.1, -0.05) is 6.07 Å². The molecule has 1 aromatic carbocycles. The molecular formula is C16H17F2NO4. The SMILES string of the molecule is O=C1CCC[C@@H]([C@@H](NC(=O)Cc2c(F)cccc2F)C(=O)O)C1. The van der Waals surface area contributed by atoms with E-state index in [1.807, 2.05) is 0 Å². The molecule has 1 aliphatic carbocycles. The fraction of sp³-hybridized carbons (Fsp3) is 0.438. The number of carboxylic acid groups (broad SMARTS) is 1. The molecule has 0 aliphatic heterocycles. The van der Waals surface area contributed by atoms with E-state index in [1.165, 1.54) is 6.07 Å². The normalized spacial score (nSPS) is 19.2. The van der Waals surface area contributed by atoms with Gasteiger partial charge in [0.1, 0.15) is 23.5 Å². The van der Waals surface area contributed by atoms with Gasteiger partial charge in [-0.2, -0.15) is 0 Å². The number of carboxylic acids is 1. The van der Waals surface area contributed by atoms with E-state index in [4.69, 9.17) is 0 Å². The van der Waals surface area contributed by atoms with Crippen LogP contribution in [0.5, 0.6) is 0 Å². The van der Waals surface area contributed by atoms with E-state index in [0.29, 0.717) is 19.3 Å². The predicted molar refractivity (Wildman–Crippen MR) is 76.6 cm³/mol. The first-order chi connectivity index (χ1) is 10.9. The number of Topliss-reactive ketones (excluding diaryl/α,β-unsaturated/α-hetero) is 1. The third-order valence-electron chi connectivity index (χ3n) is 3.97. The quantitative estimate of drug-likeness (QED) is 0.865. The van der Waals surface area contributed by atoms with Crippen LogP contribution < -0.4 is 5.32 Å². The molecule has 0 saturated heterocycles. The van der Waals surface area contributed by atoms with Crippen LogP contribution in [0.1, 0.15) is 31.2 Å². The third-order valence-corrected chi connectivity index (χ3v) is 3.97. The van der Waals surface area contributed by atoms with E-state index in [0.717, 1.165) is 12.1 Å². The number of amides is 1. The monoisotopic (exact) mass is 325 g/mol. The summed E-state index contributed by atoms with van der Waals surface area (Å²) in [6, 6.07) is 2.00. The lowest BCUT2D eigenvalue weighted by atomic mass is 9.83. The van der Waals surface area contributed by atoms with Crippen LogP contribution in [0.3, 0.4) is 0 Å². The number of hydrogen-bond donors (Lipinski definition) is 2. The molecule has 2 atom stereocenters. The Morgan fingerprint density at radius 1 is 1.30 bits per heavy atom. The number of carbonyl (C=O) groups is 3. The molecule has 0 heterocycles. The number of aliphatic carboxylic acids is 1. The molecule has 7 heteroatoms. The summed E-state index contributed by atoms with van der Waals surface area (Å²) in [5, 5.41) is 11.5. The summed E-state index contributed by atoms with van der Waals surface area (Å²) in [5.41, 5.74) is -0.408. The van der Waals surface area contributed by atoms with Crippen molar-refractivity contribution in [2.24, 2.45) is 5.92 Å². The van der Waals surface area contributed by atoms with Crippen LogP contribution >= 0.6 is 0 Å². The second kappa shape index (κ2) is 7.30. The second-order valence-electron chi connectivity index (χ2n) is 5.66. The van der Waals surface area contributed by atoms with Crippen LogP contribution in [0.2, 0.25) is 0 Å². The van der Waals surface area contributed by atoms with E-state index in [1.54, 1.807) is 0 Å². The molecule has 0 aromatic heterocycles. The molecule has 23 heavy (non-hydrogen) atoms. The Balaban J connectivity index is 2.06. The molecule has 124 valence electrons. The molecule has 0 unspecified atom stereocenters. The zero-order valence-electron chi connectivity index (χ0n) is 12.4. The number of rotatable bonds is 5. The fourth-order valence-corrected chi connectivity index (χ4v) is 2.81. The van der Waals surface area contributed by atoms with Gasteiger partial charge < -0.3 is 10.4 Å². The van der Waals surface area contributed by atoms with Crippen molar-refractivity contribution in [3.8, 4) is 0 Å². The van der Waals surface area contributed by atoms with Crippen molar-refractivity contribution in [1.29, 1.82) is 0 Å². The summed E-state index contributed by atoms with van der Waals surface area (Å²) in [6.45, 7) is 0. The van der Waals surface area contributed by atoms with Crippen LogP contribution in [-0.2, 0) is 20.8 Å². The van der Waals surface area contributed by atoms with Crippen LogP contribution in [-0.4, -0.2) is 28.8 Å². The minimum absolute atomic E-state index is 0.0399. The maximum absolute atomic E-state index is 13.5. The Morgan fingerprint density at radius 3 is 2.52 bits per heavy atom. The molecule has 1 fully saturated rings. The van der Waals surface area contributed by atoms with Crippen molar-refractivity contribution in [3.63, 3.8) is 0 Å². The maximum Gasteiger partial charge on any atom is 0.326 e. The van der Waals surface area contributed by atoms with Gasteiger partial charge in [0.05, 0.1) is 6.42 Å². The van der Waals surface area contributed by atoms with Crippen LogP contribution in [0.4, 0.5) is 8.78 Å². The zero-order chi connectivity index (χ0) is 17.0. The van der Waals surface area contributed by atoms with E-state index in [2.05, 4.69) is 5.32 Å². The van der Waals surface area contributed by atoms with Gasteiger partial charge in [0.15, 0.2) is 0 Å². The van der Waals surface area contributed by atoms with Crippen molar-refractivity contribution in [2.75, 3.05) is 0 Å². The molecule has 1 saturated carbocycles. The maximum atomic E-state index is 13.5.